The molecule has 0 spiro atoms. The van der Waals surface area contributed by atoms with Gasteiger partial charge in [0.05, 0.1) is 11.5 Å². The molecule has 0 saturated carbocycles. The summed E-state index contributed by atoms with van der Waals surface area (Å²) in [4.78, 5) is 0.283. The van der Waals surface area contributed by atoms with Gasteiger partial charge in [-0.1, -0.05) is 19.1 Å². The number of hydrogen-bond donors (Lipinski definition) is 2. The van der Waals surface area contributed by atoms with Gasteiger partial charge in [0, 0.05) is 19.7 Å². The van der Waals surface area contributed by atoms with E-state index in [4.69, 9.17) is 4.74 Å². The van der Waals surface area contributed by atoms with Crippen LogP contribution >= 0.6 is 0 Å². The van der Waals surface area contributed by atoms with Crippen molar-refractivity contribution in [2.24, 2.45) is 0 Å². The lowest BCUT2D eigenvalue weighted by Gasteiger charge is -2.14. The Morgan fingerprint density at radius 1 is 1.37 bits per heavy atom. The first-order valence-corrected chi connectivity index (χ1v) is 7.79. The molecule has 19 heavy (non-hydrogen) atoms. The molecule has 0 saturated heterocycles. The Hall–Kier alpha value is -0.950. The van der Waals surface area contributed by atoms with Crippen LogP contribution in [0.5, 0.6) is 0 Å². The first kappa shape index (κ1) is 16.1. The summed E-state index contributed by atoms with van der Waals surface area (Å²) in [5, 5.41) is 3.17. The van der Waals surface area contributed by atoms with Gasteiger partial charge in [-0.3, -0.25) is 0 Å². The highest BCUT2D eigenvalue weighted by Gasteiger charge is 2.17. The lowest BCUT2D eigenvalue weighted by atomic mass is 10.2. The van der Waals surface area contributed by atoms with Gasteiger partial charge in [0.2, 0.25) is 10.0 Å². The molecule has 0 amide bonds. The first-order chi connectivity index (χ1) is 8.99. The molecule has 108 valence electrons. The van der Waals surface area contributed by atoms with E-state index in [1.54, 1.807) is 32.2 Å². The highest BCUT2D eigenvalue weighted by atomic mass is 32.2. The zero-order chi connectivity index (χ0) is 14.3. The normalized spacial score (nSPS) is 13.4. The SMILES string of the molecule is CCNCc1cccc(S(=O)(=O)NC(C)COC)c1. The molecule has 1 atom stereocenters. The van der Waals surface area contributed by atoms with Crippen LogP contribution in [0, 0.1) is 0 Å². The Kier molecular flexibility index (Phi) is 6.44. The minimum atomic E-state index is -3.49. The van der Waals surface area contributed by atoms with Crippen LogP contribution in [0.1, 0.15) is 19.4 Å². The van der Waals surface area contributed by atoms with Crippen LogP contribution in [0.15, 0.2) is 29.2 Å². The second-order valence-corrected chi connectivity index (χ2v) is 6.12. The quantitative estimate of drug-likeness (QED) is 0.751. The highest BCUT2D eigenvalue weighted by molar-refractivity contribution is 7.89. The molecule has 1 aromatic carbocycles. The number of ether oxygens (including phenoxy) is 1. The molecule has 0 bridgehead atoms. The summed E-state index contributed by atoms with van der Waals surface area (Å²) in [6, 6.07) is 6.68. The predicted octanol–water partition coefficient (Wildman–Crippen LogP) is 1.11. The molecule has 0 aliphatic rings. The van der Waals surface area contributed by atoms with Crippen molar-refractivity contribution in [1.29, 1.82) is 0 Å². The van der Waals surface area contributed by atoms with Crippen LogP contribution in [0.4, 0.5) is 0 Å². The molecule has 0 aliphatic heterocycles. The van der Waals surface area contributed by atoms with E-state index in [9.17, 15) is 8.42 Å². The summed E-state index contributed by atoms with van der Waals surface area (Å²) in [6.07, 6.45) is 0. The Morgan fingerprint density at radius 3 is 2.74 bits per heavy atom. The third-order valence-corrected chi connectivity index (χ3v) is 4.15. The number of benzene rings is 1. The van der Waals surface area contributed by atoms with Gasteiger partial charge in [0.1, 0.15) is 0 Å². The zero-order valence-corrected chi connectivity index (χ0v) is 12.5. The molecule has 1 rings (SSSR count). The molecule has 1 unspecified atom stereocenters. The minimum Gasteiger partial charge on any atom is -0.383 e. The number of hydrogen-bond acceptors (Lipinski definition) is 4. The van der Waals surface area contributed by atoms with E-state index < -0.39 is 10.0 Å². The van der Waals surface area contributed by atoms with E-state index in [-0.39, 0.29) is 10.9 Å². The van der Waals surface area contributed by atoms with Crippen LogP contribution in [-0.4, -0.2) is 34.7 Å². The molecular weight excluding hydrogens is 264 g/mol. The number of rotatable bonds is 8. The lowest BCUT2D eigenvalue weighted by Crippen LogP contribution is -2.35. The predicted molar refractivity (Wildman–Crippen MR) is 75.5 cm³/mol. The maximum atomic E-state index is 12.2. The number of sulfonamides is 1. The van der Waals surface area contributed by atoms with E-state index in [0.717, 1.165) is 12.1 Å². The van der Waals surface area contributed by atoms with Gasteiger partial charge in [0.15, 0.2) is 0 Å². The van der Waals surface area contributed by atoms with Crippen molar-refractivity contribution >= 4 is 10.0 Å². The summed E-state index contributed by atoms with van der Waals surface area (Å²) >= 11 is 0. The van der Waals surface area contributed by atoms with E-state index >= 15 is 0 Å². The van der Waals surface area contributed by atoms with Crippen molar-refractivity contribution in [2.75, 3.05) is 20.3 Å². The van der Waals surface area contributed by atoms with E-state index in [1.165, 1.54) is 0 Å². The molecule has 2 N–H and O–H groups in total. The monoisotopic (exact) mass is 286 g/mol. The first-order valence-electron chi connectivity index (χ1n) is 6.30. The van der Waals surface area contributed by atoms with Crippen molar-refractivity contribution in [3.8, 4) is 0 Å². The summed E-state index contributed by atoms with van der Waals surface area (Å²) in [5.74, 6) is 0. The van der Waals surface area contributed by atoms with Gasteiger partial charge in [-0.15, -0.1) is 0 Å². The molecule has 1 aromatic rings. The van der Waals surface area contributed by atoms with Crippen LogP contribution in [0.2, 0.25) is 0 Å². The van der Waals surface area contributed by atoms with Crippen LogP contribution in [0.3, 0.4) is 0 Å². The Bertz CT molecular complexity index is 488. The third-order valence-electron chi connectivity index (χ3n) is 2.56. The summed E-state index contributed by atoms with van der Waals surface area (Å²) < 4.78 is 31.8. The van der Waals surface area contributed by atoms with Crippen molar-refractivity contribution in [3.05, 3.63) is 29.8 Å². The van der Waals surface area contributed by atoms with Crippen molar-refractivity contribution in [2.45, 2.75) is 31.3 Å². The van der Waals surface area contributed by atoms with Gasteiger partial charge in [0.25, 0.3) is 0 Å². The maximum absolute atomic E-state index is 12.2. The topological polar surface area (TPSA) is 67.4 Å². The molecule has 0 heterocycles. The zero-order valence-electron chi connectivity index (χ0n) is 11.6. The second-order valence-electron chi connectivity index (χ2n) is 4.41. The summed E-state index contributed by atoms with van der Waals surface area (Å²) in [5.41, 5.74) is 0.948. The van der Waals surface area contributed by atoms with Crippen LogP contribution < -0.4 is 10.0 Å². The van der Waals surface area contributed by atoms with Gasteiger partial charge < -0.3 is 10.1 Å². The average Bonchev–Trinajstić information content (AvgIpc) is 2.36. The number of methoxy groups -OCH3 is 1. The van der Waals surface area contributed by atoms with Crippen molar-refractivity contribution in [3.63, 3.8) is 0 Å². The summed E-state index contributed by atoms with van der Waals surface area (Å²) in [6.45, 7) is 5.63. The molecule has 5 nitrogen and oxygen atoms in total. The highest BCUT2D eigenvalue weighted by Crippen LogP contribution is 2.12. The van der Waals surface area contributed by atoms with E-state index in [0.29, 0.717) is 13.2 Å². The molecule has 0 aromatic heterocycles. The summed E-state index contributed by atoms with van der Waals surface area (Å²) in [7, 11) is -1.94. The Morgan fingerprint density at radius 2 is 2.11 bits per heavy atom. The second kappa shape index (κ2) is 7.59. The van der Waals surface area contributed by atoms with Gasteiger partial charge in [-0.05, 0) is 31.2 Å². The van der Waals surface area contributed by atoms with Gasteiger partial charge in [-0.25, -0.2) is 13.1 Å². The fraction of sp³-hybridized carbons (Fsp3) is 0.538. The van der Waals surface area contributed by atoms with Crippen LogP contribution in [-0.2, 0) is 21.3 Å². The van der Waals surface area contributed by atoms with Crippen molar-refractivity contribution in [1.82, 2.24) is 10.0 Å². The fourth-order valence-corrected chi connectivity index (χ4v) is 3.01. The Labute approximate surface area is 115 Å². The fourth-order valence-electron chi connectivity index (χ4n) is 1.71. The molecule has 0 radical (unpaired) electrons. The molecule has 6 heteroatoms. The van der Waals surface area contributed by atoms with Crippen LogP contribution in [0.25, 0.3) is 0 Å². The van der Waals surface area contributed by atoms with Gasteiger partial charge >= 0.3 is 0 Å². The maximum Gasteiger partial charge on any atom is 0.240 e. The standard InChI is InChI=1S/C13H22N2O3S/c1-4-14-9-12-6-5-7-13(8-12)19(16,17)15-11(2)10-18-3/h5-8,11,14-15H,4,9-10H2,1-3H3. The molecule has 0 aliphatic carbocycles. The largest absolute Gasteiger partial charge is 0.383 e. The third kappa shape index (κ3) is 5.28. The minimum absolute atomic E-state index is 0.257. The number of nitrogens with one attached hydrogen (secondary N) is 2. The van der Waals surface area contributed by atoms with E-state index in [1.807, 2.05) is 13.0 Å². The van der Waals surface area contributed by atoms with E-state index in [2.05, 4.69) is 10.0 Å². The molecule has 0 fully saturated rings. The van der Waals surface area contributed by atoms with Gasteiger partial charge in [-0.2, -0.15) is 0 Å². The average molecular weight is 286 g/mol. The Balaban J connectivity index is 2.82. The smallest absolute Gasteiger partial charge is 0.240 e. The lowest BCUT2D eigenvalue weighted by molar-refractivity contribution is 0.180. The van der Waals surface area contributed by atoms with Crippen molar-refractivity contribution < 1.29 is 13.2 Å². The molecular formula is C13H22N2O3S.